The van der Waals surface area contributed by atoms with Crippen molar-refractivity contribution in [3.05, 3.63) is 59.2 Å². The molecule has 0 aliphatic carbocycles. The van der Waals surface area contributed by atoms with E-state index in [1.165, 1.54) is 21.7 Å². The number of amides is 1. The molecule has 0 unspecified atom stereocenters. The molecule has 0 spiro atoms. The van der Waals surface area contributed by atoms with E-state index >= 15 is 0 Å². The van der Waals surface area contributed by atoms with Gasteiger partial charge in [0, 0.05) is 18.7 Å². The van der Waals surface area contributed by atoms with Crippen molar-refractivity contribution in [2.75, 3.05) is 22.4 Å². The van der Waals surface area contributed by atoms with Gasteiger partial charge in [-0.25, -0.2) is 8.42 Å². The van der Waals surface area contributed by atoms with Crippen LogP contribution in [0.1, 0.15) is 36.0 Å². The maximum Gasteiger partial charge on any atom is 0.232 e. The molecule has 1 N–H and O–H groups in total. The Bertz CT molecular complexity index is 921. The van der Waals surface area contributed by atoms with Gasteiger partial charge in [-0.05, 0) is 61.9 Å². The molecule has 5 nitrogen and oxygen atoms in total. The van der Waals surface area contributed by atoms with Crippen molar-refractivity contribution < 1.29 is 13.2 Å². The van der Waals surface area contributed by atoms with Gasteiger partial charge in [0.1, 0.15) is 0 Å². The molecule has 0 saturated heterocycles. The van der Waals surface area contributed by atoms with Crippen LogP contribution in [0.15, 0.2) is 42.5 Å². The molecule has 1 aliphatic rings. The Labute approximate surface area is 161 Å². The highest BCUT2D eigenvalue weighted by Crippen LogP contribution is 2.31. The maximum absolute atomic E-state index is 12.2. The topological polar surface area (TPSA) is 66.5 Å². The predicted molar refractivity (Wildman–Crippen MR) is 110 cm³/mol. The van der Waals surface area contributed by atoms with E-state index in [2.05, 4.69) is 36.5 Å². The Morgan fingerprint density at radius 1 is 1.15 bits per heavy atom. The highest BCUT2D eigenvalue weighted by Gasteiger charge is 2.24. The molecule has 0 radical (unpaired) electrons. The summed E-state index contributed by atoms with van der Waals surface area (Å²) in [6.45, 7) is 2.57. The highest BCUT2D eigenvalue weighted by molar-refractivity contribution is 7.92. The number of nitrogens with one attached hydrogen (secondary N) is 1. The summed E-state index contributed by atoms with van der Waals surface area (Å²) in [7, 11) is -3.27. The monoisotopic (exact) mass is 386 g/mol. The lowest BCUT2D eigenvalue weighted by Gasteiger charge is -2.29. The summed E-state index contributed by atoms with van der Waals surface area (Å²) in [6, 6.07) is 13.8. The van der Waals surface area contributed by atoms with E-state index in [4.69, 9.17) is 0 Å². The number of benzene rings is 2. The Kier molecular flexibility index (Phi) is 5.85. The zero-order valence-corrected chi connectivity index (χ0v) is 16.7. The fourth-order valence-electron chi connectivity index (χ4n) is 3.42. The van der Waals surface area contributed by atoms with Gasteiger partial charge >= 0.3 is 0 Å². The van der Waals surface area contributed by atoms with E-state index in [1.54, 1.807) is 12.1 Å². The van der Waals surface area contributed by atoms with Crippen molar-refractivity contribution in [3.63, 3.8) is 0 Å². The molecular weight excluding hydrogens is 360 g/mol. The number of nitrogens with zero attached hydrogens (tertiary/aromatic N) is 1. The largest absolute Gasteiger partial charge is 0.326 e. The maximum atomic E-state index is 12.2. The Morgan fingerprint density at radius 3 is 2.59 bits per heavy atom. The summed E-state index contributed by atoms with van der Waals surface area (Å²) < 4.78 is 25.3. The van der Waals surface area contributed by atoms with Gasteiger partial charge in [-0.3, -0.25) is 9.10 Å². The molecule has 0 fully saturated rings. The predicted octanol–water partition coefficient (Wildman–Crippen LogP) is 3.67. The first-order valence-corrected chi connectivity index (χ1v) is 11.1. The van der Waals surface area contributed by atoms with Crippen LogP contribution in [0.2, 0.25) is 0 Å². The van der Waals surface area contributed by atoms with Gasteiger partial charge in [0.15, 0.2) is 0 Å². The van der Waals surface area contributed by atoms with Crippen molar-refractivity contribution >= 4 is 27.3 Å². The van der Waals surface area contributed by atoms with Crippen LogP contribution in [0.4, 0.5) is 11.4 Å². The minimum atomic E-state index is -3.27. The number of aryl methyl sites for hydroxylation is 3. The van der Waals surface area contributed by atoms with E-state index in [0.29, 0.717) is 13.0 Å². The summed E-state index contributed by atoms with van der Waals surface area (Å²) in [5.41, 5.74) is 4.89. The van der Waals surface area contributed by atoms with Gasteiger partial charge in [-0.1, -0.05) is 29.8 Å². The zero-order valence-electron chi connectivity index (χ0n) is 15.9. The summed E-state index contributed by atoms with van der Waals surface area (Å²) in [5.74, 6) is -0.0159. The Balaban J connectivity index is 1.57. The summed E-state index contributed by atoms with van der Waals surface area (Å²) in [4.78, 5) is 12.2. The van der Waals surface area contributed by atoms with E-state index in [9.17, 15) is 13.2 Å². The minimum absolute atomic E-state index is 0.0159. The van der Waals surface area contributed by atoms with Crippen molar-refractivity contribution in [1.82, 2.24) is 0 Å². The fraction of sp³-hybridized carbons (Fsp3) is 0.381. The molecule has 6 heteroatoms. The third-order valence-electron chi connectivity index (χ3n) is 4.83. The van der Waals surface area contributed by atoms with Crippen LogP contribution < -0.4 is 9.62 Å². The average molecular weight is 387 g/mol. The van der Waals surface area contributed by atoms with Gasteiger partial charge < -0.3 is 5.32 Å². The second-order valence-electron chi connectivity index (χ2n) is 7.17. The van der Waals surface area contributed by atoms with Crippen LogP contribution in [0.25, 0.3) is 0 Å². The molecule has 3 rings (SSSR count). The molecular formula is C21H26N2O3S. The lowest BCUT2D eigenvalue weighted by Crippen LogP contribution is -2.34. The van der Waals surface area contributed by atoms with E-state index in [0.717, 1.165) is 42.6 Å². The Hall–Kier alpha value is -2.34. The molecule has 2 aromatic carbocycles. The molecule has 0 atom stereocenters. The summed E-state index contributed by atoms with van der Waals surface area (Å²) in [5, 5.41) is 2.93. The summed E-state index contributed by atoms with van der Waals surface area (Å²) >= 11 is 0. The number of carbonyl (C=O) groups excluding carboxylic acids is 1. The second-order valence-corrected chi connectivity index (χ2v) is 9.08. The first kappa shape index (κ1) is 19.4. The molecule has 0 bridgehead atoms. The third kappa shape index (κ3) is 5.10. The average Bonchev–Trinajstić information content (AvgIpc) is 2.62. The number of hydrogen-bond donors (Lipinski definition) is 1. The molecule has 1 amide bonds. The molecule has 27 heavy (non-hydrogen) atoms. The quantitative estimate of drug-likeness (QED) is 0.824. The van der Waals surface area contributed by atoms with Crippen molar-refractivity contribution in [2.45, 2.75) is 39.0 Å². The van der Waals surface area contributed by atoms with Crippen LogP contribution in [-0.2, 0) is 27.7 Å². The van der Waals surface area contributed by atoms with Crippen LogP contribution in [0.5, 0.6) is 0 Å². The number of rotatable bonds is 6. The SMILES string of the molecule is Cc1ccc(CCCC(=O)Nc2ccc3c(c2)CCCN3S(C)(=O)=O)cc1. The first-order chi connectivity index (χ1) is 12.8. The molecule has 144 valence electrons. The van der Waals surface area contributed by atoms with Crippen molar-refractivity contribution in [3.8, 4) is 0 Å². The van der Waals surface area contributed by atoms with Crippen LogP contribution in [0.3, 0.4) is 0 Å². The standard InChI is InChI=1S/C21H26N2O3S/c1-16-8-10-17(11-9-16)5-3-7-21(24)22-19-12-13-20-18(15-19)6-4-14-23(20)27(2,25)26/h8-13,15H,3-7,14H2,1-2H3,(H,22,24). The van der Waals surface area contributed by atoms with Gasteiger partial charge in [0.05, 0.1) is 11.9 Å². The number of hydrogen-bond acceptors (Lipinski definition) is 3. The molecule has 2 aromatic rings. The van der Waals surface area contributed by atoms with Gasteiger partial charge in [0.2, 0.25) is 15.9 Å². The highest BCUT2D eigenvalue weighted by atomic mass is 32.2. The van der Waals surface area contributed by atoms with Gasteiger partial charge in [-0.2, -0.15) is 0 Å². The van der Waals surface area contributed by atoms with Crippen LogP contribution in [-0.4, -0.2) is 27.1 Å². The fourth-order valence-corrected chi connectivity index (χ4v) is 4.41. The molecule has 0 saturated carbocycles. The van der Waals surface area contributed by atoms with E-state index in [1.807, 2.05) is 6.07 Å². The normalized spacial score (nSPS) is 13.9. The van der Waals surface area contributed by atoms with Crippen molar-refractivity contribution in [1.29, 1.82) is 0 Å². The van der Waals surface area contributed by atoms with Gasteiger partial charge in [0.25, 0.3) is 0 Å². The number of fused-ring (bicyclic) bond motifs is 1. The number of anilines is 2. The van der Waals surface area contributed by atoms with Crippen molar-refractivity contribution in [2.24, 2.45) is 0 Å². The second kappa shape index (κ2) is 8.13. The van der Waals surface area contributed by atoms with E-state index < -0.39 is 10.0 Å². The minimum Gasteiger partial charge on any atom is -0.326 e. The number of sulfonamides is 1. The summed E-state index contributed by atoms with van der Waals surface area (Å²) in [6.07, 6.45) is 4.96. The molecule has 0 aromatic heterocycles. The third-order valence-corrected chi connectivity index (χ3v) is 6.01. The number of carbonyl (C=O) groups is 1. The van der Waals surface area contributed by atoms with E-state index in [-0.39, 0.29) is 5.91 Å². The zero-order chi connectivity index (χ0) is 19.4. The smallest absolute Gasteiger partial charge is 0.232 e. The lowest BCUT2D eigenvalue weighted by atomic mass is 10.0. The first-order valence-electron chi connectivity index (χ1n) is 9.29. The van der Waals surface area contributed by atoms with Crippen LogP contribution in [0, 0.1) is 6.92 Å². The lowest BCUT2D eigenvalue weighted by molar-refractivity contribution is -0.116. The Morgan fingerprint density at radius 2 is 1.89 bits per heavy atom. The van der Waals surface area contributed by atoms with Gasteiger partial charge in [-0.15, -0.1) is 0 Å². The molecule has 1 aliphatic heterocycles. The molecule has 1 heterocycles. The van der Waals surface area contributed by atoms with Crippen LogP contribution >= 0.6 is 0 Å².